The normalized spacial score (nSPS) is 11.5. The number of hydrogen-bond donors (Lipinski definition) is 1. The van der Waals surface area contributed by atoms with E-state index in [-0.39, 0.29) is 10.9 Å². The van der Waals surface area contributed by atoms with Crippen LogP contribution in [0.15, 0.2) is 78.2 Å². The molecule has 3 aromatic carbocycles. The Labute approximate surface area is 215 Å². The third kappa shape index (κ3) is 6.41. The van der Waals surface area contributed by atoms with Gasteiger partial charge in [-0.05, 0) is 72.7 Å². The first-order valence-corrected chi connectivity index (χ1v) is 11.2. The Bertz CT molecular complexity index is 1420. The van der Waals surface area contributed by atoms with Crippen LogP contribution in [0, 0.1) is 6.92 Å². The van der Waals surface area contributed by atoms with E-state index in [2.05, 4.69) is 19.9 Å². The van der Waals surface area contributed by atoms with Crippen molar-refractivity contribution >= 4 is 29.2 Å². The molecule has 2 N–H and O–H groups in total. The van der Waals surface area contributed by atoms with Gasteiger partial charge >= 0.3 is 6.36 Å². The number of hydrogen-bond acceptors (Lipinski definition) is 6. The Kier molecular flexibility index (Phi) is 7.39. The molecule has 0 saturated carbocycles. The van der Waals surface area contributed by atoms with Gasteiger partial charge in [0, 0.05) is 5.56 Å². The summed E-state index contributed by atoms with van der Waals surface area (Å²) in [5.74, 6) is 0.843. The highest BCUT2D eigenvalue weighted by Gasteiger charge is 2.31. The van der Waals surface area contributed by atoms with E-state index in [1.54, 1.807) is 19.4 Å². The number of benzene rings is 3. The van der Waals surface area contributed by atoms with Gasteiger partial charge in [-0.15, -0.1) is 18.3 Å². The quantitative estimate of drug-likeness (QED) is 0.200. The third-order valence-electron chi connectivity index (χ3n) is 5.16. The average Bonchev–Trinajstić information content (AvgIpc) is 3.35. The molecule has 0 unspecified atom stereocenters. The van der Waals surface area contributed by atoms with Gasteiger partial charge in [-0.2, -0.15) is 5.10 Å². The molecule has 0 saturated heterocycles. The topological polar surface area (TPSA) is 90.8 Å². The van der Waals surface area contributed by atoms with Crippen LogP contribution < -0.4 is 20.2 Å². The van der Waals surface area contributed by atoms with Crippen molar-refractivity contribution in [2.75, 3.05) is 12.1 Å². The van der Waals surface area contributed by atoms with Gasteiger partial charge in [0.25, 0.3) is 0 Å². The van der Waals surface area contributed by atoms with Gasteiger partial charge in [0.05, 0.1) is 24.7 Å². The lowest BCUT2D eigenvalue weighted by Gasteiger charge is -2.19. The fourth-order valence-electron chi connectivity index (χ4n) is 3.39. The van der Waals surface area contributed by atoms with Crippen molar-refractivity contribution in [3.63, 3.8) is 0 Å². The van der Waals surface area contributed by atoms with Gasteiger partial charge in [-0.1, -0.05) is 24.3 Å². The predicted molar refractivity (Wildman–Crippen MR) is 138 cm³/mol. The van der Waals surface area contributed by atoms with E-state index in [1.807, 2.05) is 43.3 Å². The van der Waals surface area contributed by atoms with E-state index >= 15 is 0 Å². The first kappa shape index (κ1) is 25.6. The van der Waals surface area contributed by atoms with Crippen molar-refractivity contribution < 1.29 is 22.6 Å². The zero-order valence-electron chi connectivity index (χ0n) is 19.7. The summed E-state index contributed by atoms with van der Waals surface area (Å²) in [6.45, 7) is 1.91. The Morgan fingerprint density at radius 3 is 2.32 bits per heavy atom. The van der Waals surface area contributed by atoms with Crippen LogP contribution in [0.4, 0.5) is 18.9 Å². The fraction of sp³-hybridized carbons (Fsp3) is 0.120. The monoisotopic (exact) mass is 526 g/mol. The van der Waals surface area contributed by atoms with Crippen molar-refractivity contribution in [3.05, 3.63) is 84.2 Å². The maximum Gasteiger partial charge on any atom is 0.573 e. The summed E-state index contributed by atoms with van der Waals surface area (Å²) in [7, 11) is 1.59. The Balaban J connectivity index is 1.48. The second-order valence-corrected chi connectivity index (χ2v) is 8.14. The molecular formula is C25H21F3N6O2S. The van der Waals surface area contributed by atoms with Gasteiger partial charge in [0.2, 0.25) is 0 Å². The minimum Gasteiger partial charge on any atom is -0.497 e. The molecule has 0 aliphatic carbocycles. The van der Waals surface area contributed by atoms with E-state index in [0.29, 0.717) is 17.3 Å². The second kappa shape index (κ2) is 10.7. The Morgan fingerprint density at radius 1 is 1.05 bits per heavy atom. The van der Waals surface area contributed by atoms with E-state index in [9.17, 15) is 13.2 Å². The van der Waals surface area contributed by atoms with Crippen molar-refractivity contribution in [1.29, 1.82) is 0 Å². The summed E-state index contributed by atoms with van der Waals surface area (Å²) >= 11 is 5.18. The van der Waals surface area contributed by atoms with Crippen LogP contribution in [0.25, 0.3) is 17.1 Å². The number of methoxy groups -OCH3 is 1. The molecule has 1 heterocycles. The highest BCUT2D eigenvalue weighted by atomic mass is 32.1. The third-order valence-corrected chi connectivity index (χ3v) is 5.33. The standard InChI is InChI=1S/C25H21F3N6O2S/c1-16-13-21(35-2)11-12-22(16)34(24(29)37)31-14-17-3-5-18(6-4-17)23-30-15-33(32-23)19-7-9-20(10-8-19)36-25(26,27)28/h3-15H,1-2H3,(H2,29,37)/b31-14+. The zero-order valence-corrected chi connectivity index (χ0v) is 20.5. The van der Waals surface area contributed by atoms with Crippen molar-refractivity contribution in [3.8, 4) is 28.6 Å². The molecule has 37 heavy (non-hydrogen) atoms. The van der Waals surface area contributed by atoms with Crippen molar-refractivity contribution in [2.45, 2.75) is 13.3 Å². The number of nitrogens with two attached hydrogens (primary N) is 1. The van der Waals surface area contributed by atoms with E-state index in [1.165, 1.54) is 40.3 Å². The van der Waals surface area contributed by atoms with Crippen LogP contribution in [0.5, 0.6) is 11.5 Å². The summed E-state index contributed by atoms with van der Waals surface area (Å²) in [6, 6.07) is 18.1. The first-order valence-electron chi connectivity index (χ1n) is 10.8. The summed E-state index contributed by atoms with van der Waals surface area (Å²) in [5.41, 5.74) is 9.58. The molecule has 0 bridgehead atoms. The van der Waals surface area contributed by atoms with Crippen LogP contribution in [0.2, 0.25) is 0 Å². The van der Waals surface area contributed by atoms with Gasteiger partial charge in [-0.3, -0.25) is 0 Å². The molecule has 0 spiro atoms. The van der Waals surface area contributed by atoms with Crippen LogP contribution in [0.3, 0.4) is 0 Å². The summed E-state index contributed by atoms with van der Waals surface area (Å²) < 4.78 is 47.6. The number of aromatic nitrogens is 3. The fourth-order valence-corrected chi connectivity index (χ4v) is 3.54. The van der Waals surface area contributed by atoms with Crippen LogP contribution in [-0.4, -0.2) is 39.6 Å². The summed E-state index contributed by atoms with van der Waals surface area (Å²) in [4.78, 5) is 4.29. The van der Waals surface area contributed by atoms with Crippen molar-refractivity contribution in [2.24, 2.45) is 10.8 Å². The molecule has 0 aliphatic rings. The lowest BCUT2D eigenvalue weighted by atomic mass is 10.1. The molecular weight excluding hydrogens is 505 g/mol. The van der Waals surface area contributed by atoms with E-state index < -0.39 is 6.36 Å². The maximum atomic E-state index is 12.4. The number of alkyl halides is 3. The Morgan fingerprint density at radius 2 is 1.73 bits per heavy atom. The number of nitrogens with zero attached hydrogens (tertiary/aromatic N) is 5. The molecule has 4 aromatic rings. The highest BCUT2D eigenvalue weighted by Crippen LogP contribution is 2.26. The smallest absolute Gasteiger partial charge is 0.497 e. The number of anilines is 1. The number of aryl methyl sites for hydroxylation is 1. The largest absolute Gasteiger partial charge is 0.573 e. The van der Waals surface area contributed by atoms with E-state index in [0.717, 1.165) is 22.4 Å². The molecule has 8 nitrogen and oxygen atoms in total. The SMILES string of the molecule is COc1ccc(N(/N=C/c2ccc(-c3ncn(-c4ccc(OC(F)(F)F)cc4)n3)cc2)C(N)=S)c(C)c1. The van der Waals surface area contributed by atoms with Crippen LogP contribution in [0.1, 0.15) is 11.1 Å². The van der Waals surface area contributed by atoms with Crippen LogP contribution >= 0.6 is 12.2 Å². The number of halogens is 3. The van der Waals surface area contributed by atoms with Crippen molar-refractivity contribution in [1.82, 2.24) is 14.8 Å². The maximum absolute atomic E-state index is 12.4. The van der Waals surface area contributed by atoms with Gasteiger partial charge in [-0.25, -0.2) is 14.7 Å². The molecule has 190 valence electrons. The molecule has 0 atom stereocenters. The number of hydrazone groups is 1. The molecule has 0 aliphatic heterocycles. The minimum absolute atomic E-state index is 0.0916. The minimum atomic E-state index is -4.75. The number of ether oxygens (including phenoxy) is 2. The zero-order chi connectivity index (χ0) is 26.6. The Hall–Kier alpha value is -4.45. The van der Waals surface area contributed by atoms with Crippen LogP contribution in [-0.2, 0) is 0 Å². The predicted octanol–water partition coefficient (Wildman–Crippen LogP) is 5.23. The first-order chi connectivity index (χ1) is 17.6. The van der Waals surface area contributed by atoms with Gasteiger partial charge < -0.3 is 15.2 Å². The van der Waals surface area contributed by atoms with Gasteiger partial charge in [0.15, 0.2) is 10.9 Å². The molecule has 12 heteroatoms. The second-order valence-electron chi connectivity index (χ2n) is 7.72. The lowest BCUT2D eigenvalue weighted by molar-refractivity contribution is -0.274. The lowest BCUT2D eigenvalue weighted by Crippen LogP contribution is -2.31. The number of thiocarbonyl (C=S) groups is 1. The van der Waals surface area contributed by atoms with Gasteiger partial charge in [0.1, 0.15) is 17.8 Å². The van der Waals surface area contributed by atoms with E-state index in [4.69, 9.17) is 22.7 Å². The summed E-state index contributed by atoms with van der Waals surface area (Å²) in [5, 5.41) is 10.4. The number of rotatable bonds is 7. The molecule has 4 rings (SSSR count). The highest BCUT2D eigenvalue weighted by molar-refractivity contribution is 7.80. The molecule has 0 radical (unpaired) electrons. The molecule has 1 aromatic heterocycles. The molecule has 0 fully saturated rings. The summed E-state index contributed by atoms with van der Waals surface area (Å²) in [6.07, 6.45) is -1.65. The average molecular weight is 527 g/mol. The molecule has 0 amide bonds.